The lowest BCUT2D eigenvalue weighted by Gasteiger charge is -2.41. The second-order valence-corrected chi connectivity index (χ2v) is 11.3. The second-order valence-electron chi connectivity index (χ2n) is 10.9. The molecule has 2 fully saturated rings. The predicted octanol–water partition coefficient (Wildman–Crippen LogP) is 3.64. The zero-order valence-corrected chi connectivity index (χ0v) is 22.5. The number of anilines is 1. The summed E-state index contributed by atoms with van der Waals surface area (Å²) in [6, 6.07) is 10.9. The van der Waals surface area contributed by atoms with Crippen LogP contribution in [0.1, 0.15) is 33.6 Å². The third-order valence-electron chi connectivity index (χ3n) is 7.08. The first-order valence-electron chi connectivity index (χ1n) is 13.0. The molecular weight excluding hydrogens is 493 g/mol. The molecule has 7 nitrogen and oxygen atoms in total. The Morgan fingerprint density at radius 2 is 1.81 bits per heavy atom. The van der Waals surface area contributed by atoms with Gasteiger partial charge in [-0.15, -0.1) is 0 Å². The first kappa shape index (κ1) is 27.5. The molecule has 2 aliphatic heterocycles. The largest absolute Gasteiger partial charge is 0.338 e. The van der Waals surface area contributed by atoms with E-state index in [1.807, 2.05) is 0 Å². The molecule has 2 aliphatic rings. The fourth-order valence-corrected chi connectivity index (χ4v) is 5.27. The van der Waals surface area contributed by atoms with E-state index >= 15 is 0 Å². The zero-order chi connectivity index (χ0) is 26.6. The summed E-state index contributed by atoms with van der Waals surface area (Å²) in [4.78, 5) is 28.8. The Bertz CT molecular complexity index is 1100. The van der Waals surface area contributed by atoms with Crippen molar-refractivity contribution in [3.05, 3.63) is 53.3 Å². The lowest BCUT2D eigenvalue weighted by atomic mass is 9.84. The number of carbonyl (C=O) groups excluding carboxylic acids is 2. The number of nitrogens with one attached hydrogen (secondary N) is 4. The van der Waals surface area contributed by atoms with Crippen LogP contribution in [0.25, 0.3) is 11.1 Å². The van der Waals surface area contributed by atoms with Crippen LogP contribution in [-0.2, 0) is 9.59 Å². The normalized spacial score (nSPS) is 19.9. The van der Waals surface area contributed by atoms with Crippen LogP contribution in [0.5, 0.6) is 0 Å². The summed E-state index contributed by atoms with van der Waals surface area (Å²) in [7, 11) is 0. The van der Waals surface area contributed by atoms with Gasteiger partial charge in [0.1, 0.15) is 11.9 Å². The second kappa shape index (κ2) is 11.9. The maximum Gasteiger partial charge on any atom is 0.243 e. The van der Waals surface area contributed by atoms with Crippen molar-refractivity contribution in [1.82, 2.24) is 20.9 Å². The Balaban J connectivity index is 1.47. The van der Waals surface area contributed by atoms with Crippen LogP contribution in [0.4, 0.5) is 10.1 Å². The molecule has 2 aromatic rings. The van der Waals surface area contributed by atoms with Gasteiger partial charge in [-0.3, -0.25) is 9.59 Å². The number of hydrogen-bond donors (Lipinski definition) is 4. The number of nitrogens with zero attached hydrogens (tertiary/aromatic N) is 1. The first-order chi connectivity index (χ1) is 17.6. The molecule has 200 valence electrons. The molecule has 0 unspecified atom stereocenters. The number of carbonyl (C=O) groups is 2. The van der Waals surface area contributed by atoms with Crippen LogP contribution in [0, 0.1) is 11.2 Å². The third-order valence-corrected chi connectivity index (χ3v) is 7.39. The quantitative estimate of drug-likeness (QED) is 0.459. The average Bonchev–Trinajstić information content (AvgIpc) is 2.88. The van der Waals surface area contributed by atoms with Crippen molar-refractivity contribution in [2.24, 2.45) is 5.41 Å². The van der Waals surface area contributed by atoms with Gasteiger partial charge < -0.3 is 26.2 Å². The molecule has 4 N–H and O–H groups in total. The van der Waals surface area contributed by atoms with Crippen molar-refractivity contribution >= 4 is 29.1 Å². The lowest BCUT2D eigenvalue weighted by Crippen LogP contribution is -2.63. The van der Waals surface area contributed by atoms with E-state index in [2.05, 4.69) is 42.0 Å². The predicted molar refractivity (Wildman–Crippen MR) is 146 cm³/mol. The minimum atomic E-state index is -0.596. The van der Waals surface area contributed by atoms with Crippen LogP contribution < -0.4 is 21.3 Å². The van der Waals surface area contributed by atoms with Gasteiger partial charge >= 0.3 is 0 Å². The number of hydrogen-bond acceptors (Lipinski definition) is 5. The molecule has 0 spiro atoms. The van der Waals surface area contributed by atoms with Crippen LogP contribution in [-0.4, -0.2) is 67.6 Å². The summed E-state index contributed by atoms with van der Waals surface area (Å²) in [6.45, 7) is 9.39. The van der Waals surface area contributed by atoms with Gasteiger partial charge in [-0.25, -0.2) is 4.39 Å². The van der Waals surface area contributed by atoms with Gasteiger partial charge in [-0.2, -0.15) is 0 Å². The molecule has 0 aliphatic carbocycles. The van der Waals surface area contributed by atoms with Crippen LogP contribution in [0.2, 0.25) is 5.02 Å². The number of piperazine rings is 1. The van der Waals surface area contributed by atoms with E-state index in [1.165, 1.54) is 6.07 Å². The first-order valence-corrected chi connectivity index (χ1v) is 13.4. The minimum absolute atomic E-state index is 0.0175. The van der Waals surface area contributed by atoms with E-state index in [0.29, 0.717) is 24.3 Å². The Morgan fingerprint density at radius 3 is 2.51 bits per heavy atom. The maximum atomic E-state index is 14.6. The Hall–Kier alpha value is -2.52. The average molecular weight is 530 g/mol. The third kappa shape index (κ3) is 6.68. The number of amides is 2. The molecule has 9 heteroatoms. The molecule has 2 amide bonds. The fraction of sp³-hybridized carbons (Fsp3) is 0.500. The Kier molecular flexibility index (Phi) is 8.85. The van der Waals surface area contributed by atoms with E-state index in [4.69, 9.17) is 11.6 Å². The lowest BCUT2D eigenvalue weighted by molar-refractivity contribution is -0.138. The number of rotatable bonds is 6. The van der Waals surface area contributed by atoms with E-state index in [1.54, 1.807) is 41.3 Å². The molecule has 2 saturated heterocycles. The van der Waals surface area contributed by atoms with Gasteiger partial charge in [-0.1, -0.05) is 56.6 Å². The van der Waals surface area contributed by atoms with Crippen molar-refractivity contribution in [2.75, 3.05) is 38.0 Å². The SMILES string of the molecule is CC(C)(C)[C@H](NC1CCNCC1)C(=O)N1CCN[C@@H](C(=O)Nc2ccccc2-c2c(F)cccc2Cl)C1. The van der Waals surface area contributed by atoms with Gasteiger partial charge in [0.15, 0.2) is 0 Å². The highest BCUT2D eigenvalue weighted by molar-refractivity contribution is 6.33. The van der Waals surface area contributed by atoms with Crippen LogP contribution in [0.15, 0.2) is 42.5 Å². The molecular formula is C28H37ClFN5O2. The van der Waals surface area contributed by atoms with Gasteiger partial charge in [0.05, 0.1) is 11.1 Å². The van der Waals surface area contributed by atoms with Crippen molar-refractivity contribution in [3.8, 4) is 11.1 Å². The monoisotopic (exact) mass is 529 g/mol. The highest BCUT2D eigenvalue weighted by atomic mass is 35.5. The molecule has 0 radical (unpaired) electrons. The summed E-state index contributed by atoms with van der Waals surface area (Å²) in [5, 5.41) is 13.4. The van der Waals surface area contributed by atoms with E-state index < -0.39 is 11.9 Å². The van der Waals surface area contributed by atoms with Crippen molar-refractivity contribution < 1.29 is 14.0 Å². The fourth-order valence-electron chi connectivity index (χ4n) is 5.01. The van der Waals surface area contributed by atoms with Gasteiger partial charge in [0, 0.05) is 42.5 Å². The Morgan fingerprint density at radius 1 is 1.08 bits per heavy atom. The summed E-state index contributed by atoms with van der Waals surface area (Å²) >= 11 is 6.29. The molecule has 0 bridgehead atoms. The molecule has 0 saturated carbocycles. The zero-order valence-electron chi connectivity index (χ0n) is 21.7. The molecule has 0 aromatic heterocycles. The van der Waals surface area contributed by atoms with E-state index in [0.717, 1.165) is 25.9 Å². The number of benzene rings is 2. The van der Waals surface area contributed by atoms with Gasteiger partial charge in [0.25, 0.3) is 0 Å². The van der Waals surface area contributed by atoms with Crippen molar-refractivity contribution in [2.45, 2.75) is 51.7 Å². The summed E-state index contributed by atoms with van der Waals surface area (Å²) in [5.74, 6) is -0.726. The maximum absolute atomic E-state index is 14.6. The molecule has 2 aromatic carbocycles. The number of para-hydroxylation sites is 1. The summed E-state index contributed by atoms with van der Waals surface area (Å²) < 4.78 is 14.6. The summed E-state index contributed by atoms with van der Waals surface area (Å²) in [5.41, 5.74) is 0.930. The highest BCUT2D eigenvalue weighted by Crippen LogP contribution is 2.35. The standard InChI is InChI=1S/C28H37ClFN5O2/c1-28(2,3)25(33-18-11-13-31-14-12-18)27(37)35-16-15-32-23(17-35)26(36)34-22-10-5-4-7-19(22)24-20(29)8-6-9-21(24)30/h4-10,18,23,25,31-33H,11-17H2,1-3H3,(H,34,36)/t23-,25-/m1/s1. The van der Waals surface area contributed by atoms with Gasteiger partial charge in [0.2, 0.25) is 11.8 Å². The van der Waals surface area contributed by atoms with Crippen LogP contribution >= 0.6 is 11.6 Å². The molecule has 4 rings (SSSR count). The number of piperidine rings is 1. The molecule has 2 atom stereocenters. The number of halogens is 2. The van der Waals surface area contributed by atoms with E-state index in [9.17, 15) is 14.0 Å². The van der Waals surface area contributed by atoms with Crippen molar-refractivity contribution in [1.29, 1.82) is 0 Å². The molecule has 37 heavy (non-hydrogen) atoms. The minimum Gasteiger partial charge on any atom is -0.338 e. The summed E-state index contributed by atoms with van der Waals surface area (Å²) in [6.07, 6.45) is 1.97. The molecule has 2 heterocycles. The highest BCUT2D eigenvalue weighted by Gasteiger charge is 2.38. The van der Waals surface area contributed by atoms with E-state index in [-0.39, 0.29) is 46.4 Å². The van der Waals surface area contributed by atoms with Crippen molar-refractivity contribution in [3.63, 3.8) is 0 Å². The Labute approximate surface area is 223 Å². The smallest absolute Gasteiger partial charge is 0.243 e. The topological polar surface area (TPSA) is 85.5 Å². The van der Waals surface area contributed by atoms with Gasteiger partial charge in [-0.05, 0) is 49.5 Å². The van der Waals surface area contributed by atoms with Crippen LogP contribution in [0.3, 0.4) is 0 Å².